The van der Waals surface area contributed by atoms with E-state index in [1.807, 2.05) is 0 Å². The molecule has 3 heteroatoms. The lowest BCUT2D eigenvalue weighted by atomic mass is 9.90. The molecule has 2 unspecified atom stereocenters. The van der Waals surface area contributed by atoms with Crippen molar-refractivity contribution < 1.29 is 14.2 Å². The first kappa shape index (κ1) is 14.9. The monoisotopic (exact) mass is 244 g/mol. The molecule has 0 aromatic carbocycles. The summed E-state index contributed by atoms with van der Waals surface area (Å²) in [6, 6.07) is 0. The number of ether oxygens (including phenoxy) is 3. The summed E-state index contributed by atoms with van der Waals surface area (Å²) in [5.74, 6) is 0. The molecular weight excluding hydrogens is 216 g/mol. The Balaban J connectivity index is 0.000000172. The molecule has 2 heterocycles. The van der Waals surface area contributed by atoms with E-state index in [1.165, 1.54) is 19.3 Å². The maximum Gasteiger partial charge on any atom is 0.104 e. The fraction of sp³-hybridized carbons (Fsp3) is 1.00. The molecule has 0 saturated carbocycles. The molecule has 0 radical (unpaired) electrons. The van der Waals surface area contributed by atoms with E-state index in [-0.39, 0.29) is 0 Å². The van der Waals surface area contributed by atoms with Gasteiger partial charge in [0.25, 0.3) is 0 Å². The molecule has 2 aliphatic rings. The van der Waals surface area contributed by atoms with Crippen LogP contribution in [0.15, 0.2) is 0 Å². The highest BCUT2D eigenvalue weighted by Crippen LogP contribution is 2.20. The second-order valence-corrected chi connectivity index (χ2v) is 6.11. The van der Waals surface area contributed by atoms with Crippen LogP contribution in [0.5, 0.6) is 0 Å². The highest BCUT2D eigenvalue weighted by Gasteiger charge is 2.26. The van der Waals surface area contributed by atoms with Gasteiger partial charge in [0.1, 0.15) is 12.2 Å². The predicted molar refractivity (Wildman–Crippen MR) is 69.3 cm³/mol. The molecule has 0 spiro atoms. The van der Waals surface area contributed by atoms with Gasteiger partial charge in [-0.2, -0.15) is 0 Å². The van der Waals surface area contributed by atoms with Crippen molar-refractivity contribution in [3.8, 4) is 0 Å². The average molecular weight is 244 g/mol. The smallest absolute Gasteiger partial charge is 0.104 e. The first-order valence-electron chi connectivity index (χ1n) is 6.82. The number of hydrogen-bond acceptors (Lipinski definition) is 3. The molecule has 3 nitrogen and oxygen atoms in total. The summed E-state index contributed by atoms with van der Waals surface area (Å²) in [4.78, 5) is 0. The molecule has 2 fully saturated rings. The van der Waals surface area contributed by atoms with Crippen LogP contribution in [0, 0.1) is 5.41 Å². The SMILES string of the molecule is C(OCC1CO1)C1CO1.CCCCC(C)(C)C. The van der Waals surface area contributed by atoms with Gasteiger partial charge in [-0.3, -0.25) is 0 Å². The molecule has 0 aromatic rings. The standard InChI is InChI=1S/C8H18.C6H10O3/c1-5-6-7-8(2,3)4;1(5-3-8-5)7-2-6-4-9-6/h5-7H2,1-4H3;5-6H,1-4H2. The Hall–Kier alpha value is -0.120. The van der Waals surface area contributed by atoms with Crippen LogP contribution in [0.2, 0.25) is 0 Å². The topological polar surface area (TPSA) is 34.3 Å². The Kier molecular flexibility index (Phi) is 6.45. The minimum Gasteiger partial charge on any atom is -0.376 e. The molecular formula is C14H28O3. The first-order chi connectivity index (χ1) is 8.01. The maximum atomic E-state index is 5.23. The van der Waals surface area contributed by atoms with E-state index in [2.05, 4.69) is 27.7 Å². The van der Waals surface area contributed by atoms with Crippen molar-refractivity contribution in [3.63, 3.8) is 0 Å². The summed E-state index contributed by atoms with van der Waals surface area (Å²) in [5, 5.41) is 0. The Morgan fingerprint density at radius 2 is 1.53 bits per heavy atom. The average Bonchev–Trinajstić information content (AvgIpc) is 3.08. The first-order valence-corrected chi connectivity index (χ1v) is 6.82. The molecule has 0 aliphatic carbocycles. The number of hydrogen-bond donors (Lipinski definition) is 0. The molecule has 102 valence electrons. The molecule has 17 heavy (non-hydrogen) atoms. The summed E-state index contributed by atoms with van der Waals surface area (Å²) in [6.07, 6.45) is 4.86. The van der Waals surface area contributed by atoms with Crippen molar-refractivity contribution >= 4 is 0 Å². The third kappa shape index (κ3) is 10.7. The Morgan fingerprint density at radius 1 is 1.06 bits per heavy atom. The number of rotatable bonds is 6. The normalized spacial score (nSPS) is 26.1. The lowest BCUT2D eigenvalue weighted by Crippen LogP contribution is -2.06. The van der Waals surface area contributed by atoms with Crippen LogP contribution < -0.4 is 0 Å². The molecule has 0 amide bonds. The van der Waals surface area contributed by atoms with Gasteiger partial charge in [0.2, 0.25) is 0 Å². The third-order valence-corrected chi connectivity index (χ3v) is 2.69. The van der Waals surface area contributed by atoms with Crippen LogP contribution in [0.3, 0.4) is 0 Å². The Bertz CT molecular complexity index is 178. The van der Waals surface area contributed by atoms with Gasteiger partial charge < -0.3 is 14.2 Å². The van der Waals surface area contributed by atoms with E-state index in [0.717, 1.165) is 26.4 Å². The maximum absolute atomic E-state index is 5.23. The van der Waals surface area contributed by atoms with Crippen LogP contribution in [-0.4, -0.2) is 38.6 Å². The van der Waals surface area contributed by atoms with E-state index in [4.69, 9.17) is 14.2 Å². The molecule has 2 saturated heterocycles. The fourth-order valence-electron chi connectivity index (χ4n) is 1.37. The summed E-state index contributed by atoms with van der Waals surface area (Å²) < 4.78 is 15.1. The predicted octanol–water partition coefficient (Wildman–Crippen LogP) is 3.02. The molecule has 2 atom stereocenters. The van der Waals surface area contributed by atoms with Crippen molar-refractivity contribution in [2.45, 2.75) is 59.2 Å². The molecule has 0 N–H and O–H groups in total. The largest absolute Gasteiger partial charge is 0.376 e. The van der Waals surface area contributed by atoms with Crippen molar-refractivity contribution in [2.24, 2.45) is 5.41 Å². The summed E-state index contributed by atoms with van der Waals surface area (Å²) in [6.45, 7) is 12.4. The van der Waals surface area contributed by atoms with E-state index in [0.29, 0.717) is 17.6 Å². The summed E-state index contributed by atoms with van der Waals surface area (Å²) in [5.41, 5.74) is 0.552. The molecule has 2 rings (SSSR count). The molecule has 0 aromatic heterocycles. The zero-order valence-electron chi connectivity index (χ0n) is 11.8. The van der Waals surface area contributed by atoms with Gasteiger partial charge >= 0.3 is 0 Å². The zero-order chi connectivity index (χ0) is 12.7. The summed E-state index contributed by atoms with van der Waals surface area (Å²) in [7, 11) is 0. The number of epoxide rings is 2. The zero-order valence-corrected chi connectivity index (χ0v) is 11.8. The minimum absolute atomic E-state index is 0.392. The van der Waals surface area contributed by atoms with Gasteiger partial charge in [-0.15, -0.1) is 0 Å². The van der Waals surface area contributed by atoms with Gasteiger partial charge in [0.05, 0.1) is 26.4 Å². The third-order valence-electron chi connectivity index (χ3n) is 2.69. The van der Waals surface area contributed by atoms with Crippen LogP contribution in [0.4, 0.5) is 0 Å². The van der Waals surface area contributed by atoms with Crippen molar-refractivity contribution in [2.75, 3.05) is 26.4 Å². The lowest BCUT2D eigenvalue weighted by Gasteiger charge is -2.16. The highest BCUT2D eigenvalue weighted by molar-refractivity contribution is 4.71. The summed E-state index contributed by atoms with van der Waals surface area (Å²) >= 11 is 0. The van der Waals surface area contributed by atoms with E-state index >= 15 is 0 Å². The van der Waals surface area contributed by atoms with Crippen molar-refractivity contribution in [3.05, 3.63) is 0 Å². The van der Waals surface area contributed by atoms with Crippen molar-refractivity contribution in [1.82, 2.24) is 0 Å². The van der Waals surface area contributed by atoms with Crippen LogP contribution >= 0.6 is 0 Å². The second kappa shape index (κ2) is 7.34. The van der Waals surface area contributed by atoms with Gasteiger partial charge in [0, 0.05) is 0 Å². The van der Waals surface area contributed by atoms with E-state index in [1.54, 1.807) is 0 Å². The van der Waals surface area contributed by atoms with Crippen molar-refractivity contribution in [1.29, 1.82) is 0 Å². The van der Waals surface area contributed by atoms with Crippen LogP contribution in [-0.2, 0) is 14.2 Å². The molecule has 2 aliphatic heterocycles. The van der Waals surface area contributed by atoms with Gasteiger partial charge in [-0.1, -0.05) is 40.5 Å². The van der Waals surface area contributed by atoms with Gasteiger partial charge in [-0.25, -0.2) is 0 Å². The van der Waals surface area contributed by atoms with Gasteiger partial charge in [0.15, 0.2) is 0 Å². The highest BCUT2D eigenvalue weighted by atomic mass is 16.6. The van der Waals surface area contributed by atoms with Crippen LogP contribution in [0.25, 0.3) is 0 Å². The minimum atomic E-state index is 0.392. The molecule has 0 bridgehead atoms. The Labute approximate surface area is 106 Å². The fourth-order valence-corrected chi connectivity index (χ4v) is 1.37. The van der Waals surface area contributed by atoms with E-state index in [9.17, 15) is 0 Å². The quantitative estimate of drug-likeness (QED) is 0.674. The Morgan fingerprint density at radius 3 is 1.76 bits per heavy atom. The lowest BCUT2D eigenvalue weighted by molar-refractivity contribution is 0.102. The second-order valence-electron chi connectivity index (χ2n) is 6.11. The van der Waals surface area contributed by atoms with Crippen LogP contribution in [0.1, 0.15) is 47.0 Å². The number of unbranched alkanes of at least 4 members (excludes halogenated alkanes) is 1. The van der Waals surface area contributed by atoms with Gasteiger partial charge in [-0.05, 0) is 11.8 Å². The van der Waals surface area contributed by atoms with E-state index < -0.39 is 0 Å².